The third-order valence-corrected chi connectivity index (χ3v) is 5.51. The van der Waals surface area contributed by atoms with Crippen molar-refractivity contribution >= 4 is 17.8 Å². The first kappa shape index (κ1) is 23.3. The van der Waals surface area contributed by atoms with Crippen molar-refractivity contribution in [1.82, 2.24) is 4.90 Å². The number of unbranched alkanes of at least 4 members (excludes halogenated alkanes) is 2. The first-order chi connectivity index (χ1) is 14.9. The molecule has 2 heterocycles. The number of nitrogens with zero attached hydrogens (tertiary/aromatic N) is 1. The van der Waals surface area contributed by atoms with Crippen LogP contribution in [0.2, 0.25) is 0 Å². The number of benzene rings is 1. The van der Waals surface area contributed by atoms with Crippen LogP contribution in [0.25, 0.3) is 0 Å². The predicted octanol–water partition coefficient (Wildman–Crippen LogP) is -0.160. The van der Waals surface area contributed by atoms with E-state index >= 15 is 0 Å². The fourth-order valence-electron chi connectivity index (χ4n) is 3.81. The van der Waals surface area contributed by atoms with Crippen LogP contribution in [0.15, 0.2) is 24.3 Å². The van der Waals surface area contributed by atoms with Gasteiger partial charge in [-0.15, -0.1) is 0 Å². The van der Waals surface area contributed by atoms with Gasteiger partial charge in [0.2, 0.25) is 0 Å². The number of ether oxygens (including phenoxy) is 3. The highest BCUT2D eigenvalue weighted by molar-refractivity contribution is 6.21. The fourth-order valence-corrected chi connectivity index (χ4v) is 3.81. The summed E-state index contributed by atoms with van der Waals surface area (Å²) in [5.74, 6) is -1.53. The van der Waals surface area contributed by atoms with Gasteiger partial charge >= 0.3 is 5.97 Å². The SMILES string of the molecule is COC(=O)CCCCCO[C@@H]1O[C@H](CO)[C@@H](O)[C@H](O)[C@H]1N1C(=O)c2ccccc2C1=O. The van der Waals surface area contributed by atoms with E-state index in [1.54, 1.807) is 12.1 Å². The lowest BCUT2D eigenvalue weighted by atomic mass is 9.95. The number of carbonyl (C=O) groups is 3. The van der Waals surface area contributed by atoms with E-state index in [4.69, 9.17) is 9.47 Å². The molecule has 10 nitrogen and oxygen atoms in total. The molecule has 0 aromatic heterocycles. The Morgan fingerprint density at radius 1 is 1.06 bits per heavy atom. The zero-order chi connectivity index (χ0) is 22.5. The second kappa shape index (κ2) is 10.3. The van der Waals surface area contributed by atoms with E-state index in [1.807, 2.05) is 0 Å². The van der Waals surface area contributed by atoms with Crippen LogP contribution in [-0.2, 0) is 19.0 Å². The Balaban J connectivity index is 1.71. The number of hydrogen-bond donors (Lipinski definition) is 3. The summed E-state index contributed by atoms with van der Waals surface area (Å²) in [6, 6.07) is 4.98. The number of amides is 2. The third kappa shape index (κ3) is 4.78. The maximum absolute atomic E-state index is 12.9. The van der Waals surface area contributed by atoms with Crippen LogP contribution >= 0.6 is 0 Å². The van der Waals surface area contributed by atoms with Gasteiger partial charge in [-0.3, -0.25) is 19.3 Å². The van der Waals surface area contributed by atoms with Crippen molar-refractivity contribution in [2.24, 2.45) is 0 Å². The summed E-state index contributed by atoms with van der Waals surface area (Å²) in [5, 5.41) is 30.5. The maximum Gasteiger partial charge on any atom is 0.305 e. The molecule has 0 radical (unpaired) electrons. The molecule has 1 aromatic rings. The number of imide groups is 1. The number of aliphatic hydroxyl groups excluding tert-OH is 3. The Morgan fingerprint density at radius 3 is 2.29 bits per heavy atom. The van der Waals surface area contributed by atoms with Gasteiger partial charge in [0.15, 0.2) is 6.29 Å². The minimum absolute atomic E-state index is 0.159. The molecule has 31 heavy (non-hydrogen) atoms. The van der Waals surface area contributed by atoms with Crippen molar-refractivity contribution in [3.8, 4) is 0 Å². The number of esters is 1. The normalized spacial score (nSPS) is 28.0. The zero-order valence-electron chi connectivity index (χ0n) is 17.2. The quantitative estimate of drug-likeness (QED) is 0.273. The van der Waals surface area contributed by atoms with Gasteiger partial charge in [0.1, 0.15) is 24.4 Å². The van der Waals surface area contributed by atoms with Crippen LogP contribution in [-0.4, -0.2) is 89.0 Å². The summed E-state index contributed by atoms with van der Waals surface area (Å²) < 4.78 is 15.9. The molecule has 5 atom stereocenters. The van der Waals surface area contributed by atoms with E-state index in [2.05, 4.69) is 4.74 Å². The lowest BCUT2D eigenvalue weighted by Gasteiger charge is -2.44. The van der Waals surface area contributed by atoms with E-state index in [0.717, 1.165) is 4.90 Å². The number of rotatable bonds is 9. The largest absolute Gasteiger partial charge is 0.469 e. The summed E-state index contributed by atoms with van der Waals surface area (Å²) in [7, 11) is 1.32. The van der Waals surface area contributed by atoms with Crippen LogP contribution in [0.4, 0.5) is 0 Å². The van der Waals surface area contributed by atoms with E-state index in [1.165, 1.54) is 19.2 Å². The van der Waals surface area contributed by atoms with Gasteiger partial charge in [0, 0.05) is 13.0 Å². The zero-order valence-corrected chi connectivity index (χ0v) is 17.2. The fraction of sp³-hybridized carbons (Fsp3) is 0.571. The maximum atomic E-state index is 12.9. The monoisotopic (exact) mass is 437 g/mol. The highest BCUT2D eigenvalue weighted by atomic mass is 16.7. The highest BCUT2D eigenvalue weighted by Gasteiger charge is 2.53. The van der Waals surface area contributed by atoms with E-state index in [-0.39, 0.29) is 30.1 Å². The molecule has 0 spiro atoms. The number of methoxy groups -OCH3 is 1. The predicted molar refractivity (Wildman–Crippen MR) is 105 cm³/mol. The molecule has 170 valence electrons. The van der Waals surface area contributed by atoms with Gasteiger partial charge in [-0.05, 0) is 25.0 Å². The van der Waals surface area contributed by atoms with Gasteiger partial charge in [0.05, 0.1) is 24.8 Å². The molecule has 1 aromatic carbocycles. The smallest absolute Gasteiger partial charge is 0.305 e. The van der Waals surface area contributed by atoms with Crippen LogP contribution < -0.4 is 0 Å². The molecule has 3 rings (SSSR count). The summed E-state index contributed by atoms with van der Waals surface area (Å²) in [5.41, 5.74) is 0.389. The molecule has 1 saturated heterocycles. The van der Waals surface area contributed by atoms with Gasteiger partial charge in [-0.25, -0.2) is 0 Å². The molecular weight excluding hydrogens is 410 g/mol. The number of aliphatic hydroxyl groups is 3. The van der Waals surface area contributed by atoms with Gasteiger partial charge in [0.25, 0.3) is 11.8 Å². The highest BCUT2D eigenvalue weighted by Crippen LogP contribution is 2.32. The Bertz CT molecular complexity index is 779. The molecule has 3 N–H and O–H groups in total. The van der Waals surface area contributed by atoms with Crippen molar-refractivity contribution in [2.45, 2.75) is 56.3 Å². The molecule has 2 aliphatic rings. The second-order valence-corrected chi connectivity index (χ2v) is 7.48. The van der Waals surface area contributed by atoms with Crippen molar-refractivity contribution in [2.75, 3.05) is 20.3 Å². The minimum Gasteiger partial charge on any atom is -0.469 e. The first-order valence-electron chi connectivity index (χ1n) is 10.2. The Kier molecular flexibility index (Phi) is 7.74. The van der Waals surface area contributed by atoms with Crippen LogP contribution in [0.3, 0.4) is 0 Å². The molecule has 0 aliphatic carbocycles. The molecule has 0 unspecified atom stereocenters. The minimum atomic E-state index is -1.57. The van der Waals surface area contributed by atoms with Crippen molar-refractivity contribution < 1.29 is 43.9 Å². The first-order valence-corrected chi connectivity index (χ1v) is 10.2. The van der Waals surface area contributed by atoms with Crippen LogP contribution in [0.5, 0.6) is 0 Å². The second-order valence-electron chi connectivity index (χ2n) is 7.48. The summed E-state index contributed by atoms with van der Waals surface area (Å²) in [6.07, 6.45) is -3.36. The number of carbonyl (C=O) groups excluding carboxylic acids is 3. The van der Waals surface area contributed by atoms with Gasteiger partial charge < -0.3 is 29.5 Å². The standard InChI is InChI=1S/C21H27NO9/c1-29-15(24)9-3-2-6-10-30-21-16(18(26)17(25)14(11-23)31-21)22-19(27)12-7-4-5-8-13(12)20(22)28/h4-5,7-8,14,16-18,21,23,25-26H,2-3,6,9-11H2,1H3/t14-,16-,17-,18-,21-/m1/s1. The van der Waals surface area contributed by atoms with Crippen LogP contribution in [0, 0.1) is 0 Å². The Labute approximate surface area is 179 Å². The molecule has 1 fully saturated rings. The Hall–Kier alpha value is -2.37. The molecule has 10 heteroatoms. The third-order valence-electron chi connectivity index (χ3n) is 5.51. The van der Waals surface area contributed by atoms with Gasteiger partial charge in [-0.1, -0.05) is 18.6 Å². The van der Waals surface area contributed by atoms with E-state index in [0.29, 0.717) is 19.3 Å². The summed E-state index contributed by atoms with van der Waals surface area (Å²) >= 11 is 0. The van der Waals surface area contributed by atoms with Gasteiger partial charge in [-0.2, -0.15) is 0 Å². The molecule has 2 aliphatic heterocycles. The molecule has 0 bridgehead atoms. The van der Waals surface area contributed by atoms with Crippen molar-refractivity contribution in [3.05, 3.63) is 35.4 Å². The molecular formula is C21H27NO9. The number of hydrogen-bond acceptors (Lipinski definition) is 9. The molecule has 2 amide bonds. The average Bonchev–Trinajstić information content (AvgIpc) is 3.03. The molecule has 0 saturated carbocycles. The lowest BCUT2D eigenvalue weighted by molar-refractivity contribution is -0.279. The topological polar surface area (TPSA) is 143 Å². The van der Waals surface area contributed by atoms with Crippen molar-refractivity contribution in [1.29, 1.82) is 0 Å². The summed E-state index contributed by atoms with van der Waals surface area (Å²) in [6.45, 7) is -0.418. The van der Waals surface area contributed by atoms with E-state index < -0.39 is 49.1 Å². The average molecular weight is 437 g/mol. The summed E-state index contributed by atoms with van der Waals surface area (Å²) in [4.78, 5) is 37.8. The van der Waals surface area contributed by atoms with Crippen LogP contribution in [0.1, 0.15) is 46.4 Å². The number of fused-ring (bicyclic) bond motifs is 1. The Morgan fingerprint density at radius 2 is 1.71 bits per heavy atom. The van der Waals surface area contributed by atoms with E-state index in [9.17, 15) is 29.7 Å². The van der Waals surface area contributed by atoms with Crippen molar-refractivity contribution in [3.63, 3.8) is 0 Å². The lowest BCUT2D eigenvalue weighted by Crippen LogP contribution is -2.65.